The third-order valence-corrected chi connectivity index (χ3v) is 3.71. The van der Waals surface area contributed by atoms with Gasteiger partial charge in [0.1, 0.15) is 17.7 Å². The van der Waals surface area contributed by atoms with Gasteiger partial charge in [-0.2, -0.15) is 0 Å². The zero-order chi connectivity index (χ0) is 13.1. The molecule has 0 aliphatic heterocycles. The third kappa shape index (κ3) is 2.43. The summed E-state index contributed by atoms with van der Waals surface area (Å²) in [6.07, 6.45) is 4.70. The van der Waals surface area contributed by atoms with E-state index in [0.717, 1.165) is 15.2 Å². The van der Waals surface area contributed by atoms with E-state index in [1.807, 2.05) is 18.2 Å². The van der Waals surface area contributed by atoms with Crippen molar-refractivity contribution in [3.63, 3.8) is 0 Å². The van der Waals surface area contributed by atoms with E-state index in [-0.39, 0.29) is 6.04 Å². The Bertz CT molecular complexity index is 661. The lowest BCUT2D eigenvalue weighted by Gasteiger charge is -2.10. The van der Waals surface area contributed by atoms with E-state index >= 15 is 0 Å². The van der Waals surface area contributed by atoms with Gasteiger partial charge in [-0.05, 0) is 12.1 Å². The van der Waals surface area contributed by atoms with Gasteiger partial charge < -0.3 is 5.32 Å². The molecule has 0 spiro atoms. The SMILES string of the molecule is C=CC(Nc1ncncn1)c1nc2ccccc2s1. The molecular weight excluding hydrogens is 258 g/mol. The highest BCUT2D eigenvalue weighted by Crippen LogP contribution is 2.28. The Balaban J connectivity index is 1.91. The Morgan fingerprint density at radius 1 is 1.21 bits per heavy atom. The summed E-state index contributed by atoms with van der Waals surface area (Å²) in [5.41, 5.74) is 0.992. The minimum atomic E-state index is -0.111. The second-order valence-corrected chi connectivity index (χ2v) is 4.90. The normalized spacial score (nSPS) is 12.2. The predicted molar refractivity (Wildman–Crippen MR) is 76.0 cm³/mol. The van der Waals surface area contributed by atoms with Crippen LogP contribution in [0.5, 0.6) is 0 Å². The van der Waals surface area contributed by atoms with Gasteiger partial charge in [-0.1, -0.05) is 18.2 Å². The molecule has 0 saturated carbocycles. The average molecular weight is 269 g/mol. The van der Waals surface area contributed by atoms with Gasteiger partial charge in [0, 0.05) is 0 Å². The number of nitrogens with zero attached hydrogens (tertiary/aromatic N) is 4. The molecule has 0 amide bonds. The largest absolute Gasteiger partial charge is 0.341 e. The van der Waals surface area contributed by atoms with Crippen LogP contribution in [0.3, 0.4) is 0 Å². The monoisotopic (exact) mass is 269 g/mol. The quantitative estimate of drug-likeness (QED) is 0.738. The first-order valence-corrected chi connectivity index (χ1v) is 6.55. The summed E-state index contributed by atoms with van der Waals surface area (Å²) >= 11 is 1.63. The molecule has 5 nitrogen and oxygen atoms in total. The molecule has 0 fully saturated rings. The van der Waals surface area contributed by atoms with E-state index in [1.165, 1.54) is 12.7 Å². The number of aromatic nitrogens is 4. The fourth-order valence-electron chi connectivity index (χ4n) is 1.70. The van der Waals surface area contributed by atoms with E-state index in [1.54, 1.807) is 17.4 Å². The van der Waals surface area contributed by atoms with Crippen molar-refractivity contribution in [2.75, 3.05) is 5.32 Å². The Hall–Kier alpha value is -2.34. The Labute approximate surface area is 114 Å². The van der Waals surface area contributed by atoms with Crippen LogP contribution >= 0.6 is 11.3 Å². The van der Waals surface area contributed by atoms with Crippen LogP contribution in [0.15, 0.2) is 49.6 Å². The summed E-state index contributed by atoms with van der Waals surface area (Å²) in [6.45, 7) is 3.84. The van der Waals surface area contributed by atoms with Crippen molar-refractivity contribution in [3.8, 4) is 0 Å². The maximum absolute atomic E-state index is 4.59. The van der Waals surface area contributed by atoms with E-state index in [0.29, 0.717) is 5.95 Å². The predicted octanol–water partition coefficient (Wildman–Crippen LogP) is 2.82. The maximum Gasteiger partial charge on any atom is 0.226 e. The maximum atomic E-state index is 4.59. The second-order valence-electron chi connectivity index (χ2n) is 3.84. The van der Waals surface area contributed by atoms with Gasteiger partial charge >= 0.3 is 0 Å². The van der Waals surface area contributed by atoms with Gasteiger partial charge in [0.05, 0.1) is 16.3 Å². The average Bonchev–Trinajstić information content (AvgIpc) is 2.89. The molecule has 1 unspecified atom stereocenters. The highest BCUT2D eigenvalue weighted by atomic mass is 32.1. The first kappa shape index (κ1) is 11.7. The van der Waals surface area contributed by atoms with Crippen LogP contribution in [0.1, 0.15) is 11.0 Å². The first-order valence-electron chi connectivity index (χ1n) is 5.73. The molecule has 3 aromatic rings. The number of nitrogens with one attached hydrogen (secondary N) is 1. The number of para-hydroxylation sites is 1. The van der Waals surface area contributed by atoms with Crippen LogP contribution in [0.4, 0.5) is 5.95 Å². The molecule has 0 bridgehead atoms. The smallest absolute Gasteiger partial charge is 0.226 e. The summed E-state index contributed by atoms with van der Waals surface area (Å²) in [7, 11) is 0. The van der Waals surface area contributed by atoms with Gasteiger partial charge in [0.25, 0.3) is 0 Å². The lowest BCUT2D eigenvalue weighted by atomic mass is 10.3. The fourth-order valence-corrected chi connectivity index (χ4v) is 2.71. The fraction of sp³-hybridized carbons (Fsp3) is 0.0769. The number of benzene rings is 1. The molecule has 0 aliphatic rings. The lowest BCUT2D eigenvalue weighted by molar-refractivity contribution is 0.919. The van der Waals surface area contributed by atoms with Crippen molar-refractivity contribution >= 4 is 27.5 Å². The molecule has 19 heavy (non-hydrogen) atoms. The first-order chi connectivity index (χ1) is 9.36. The number of anilines is 1. The van der Waals surface area contributed by atoms with Gasteiger partial charge in [0.15, 0.2) is 0 Å². The van der Waals surface area contributed by atoms with Crippen molar-refractivity contribution in [3.05, 3.63) is 54.6 Å². The molecule has 0 radical (unpaired) electrons. The van der Waals surface area contributed by atoms with Crippen LogP contribution in [-0.2, 0) is 0 Å². The van der Waals surface area contributed by atoms with Crippen molar-refractivity contribution < 1.29 is 0 Å². The number of fused-ring (bicyclic) bond motifs is 1. The van der Waals surface area contributed by atoms with Gasteiger partial charge in [-0.3, -0.25) is 0 Å². The summed E-state index contributed by atoms with van der Waals surface area (Å²) in [4.78, 5) is 16.5. The van der Waals surface area contributed by atoms with Crippen molar-refractivity contribution in [2.24, 2.45) is 0 Å². The molecule has 2 aromatic heterocycles. The molecule has 3 rings (SSSR count). The van der Waals surface area contributed by atoms with Crippen LogP contribution in [-0.4, -0.2) is 19.9 Å². The highest BCUT2D eigenvalue weighted by Gasteiger charge is 2.13. The molecule has 2 heterocycles. The van der Waals surface area contributed by atoms with E-state index in [9.17, 15) is 0 Å². The van der Waals surface area contributed by atoms with Crippen molar-refractivity contribution in [2.45, 2.75) is 6.04 Å². The summed E-state index contributed by atoms with van der Waals surface area (Å²) in [5, 5.41) is 4.11. The Morgan fingerprint density at radius 2 is 2.00 bits per heavy atom. The number of hydrogen-bond donors (Lipinski definition) is 1. The Morgan fingerprint density at radius 3 is 2.74 bits per heavy atom. The molecule has 94 valence electrons. The second kappa shape index (κ2) is 5.11. The summed E-state index contributed by atoms with van der Waals surface area (Å²) in [6, 6.07) is 7.93. The molecule has 1 aromatic carbocycles. The number of rotatable bonds is 4. The van der Waals surface area contributed by atoms with Crippen LogP contribution in [0, 0.1) is 0 Å². The minimum Gasteiger partial charge on any atom is -0.341 e. The summed E-state index contributed by atoms with van der Waals surface area (Å²) in [5.74, 6) is 0.513. The zero-order valence-electron chi connectivity index (χ0n) is 10.0. The van der Waals surface area contributed by atoms with Gasteiger partial charge in [-0.15, -0.1) is 17.9 Å². The number of hydrogen-bond acceptors (Lipinski definition) is 6. The van der Waals surface area contributed by atoms with E-state index in [2.05, 4.69) is 37.9 Å². The zero-order valence-corrected chi connectivity index (χ0v) is 10.8. The third-order valence-electron chi connectivity index (χ3n) is 2.59. The van der Waals surface area contributed by atoms with Crippen molar-refractivity contribution in [1.29, 1.82) is 0 Å². The van der Waals surface area contributed by atoms with E-state index in [4.69, 9.17) is 0 Å². The van der Waals surface area contributed by atoms with E-state index < -0.39 is 0 Å². The lowest BCUT2D eigenvalue weighted by Crippen LogP contribution is -2.10. The minimum absolute atomic E-state index is 0.111. The molecule has 0 saturated heterocycles. The van der Waals surface area contributed by atoms with Crippen molar-refractivity contribution in [1.82, 2.24) is 19.9 Å². The van der Waals surface area contributed by atoms with Gasteiger partial charge in [-0.25, -0.2) is 19.9 Å². The number of thiazole rings is 1. The highest BCUT2D eigenvalue weighted by molar-refractivity contribution is 7.18. The van der Waals surface area contributed by atoms with Gasteiger partial charge in [0.2, 0.25) is 5.95 Å². The molecule has 6 heteroatoms. The standard InChI is InChI=1S/C13H11N5S/c1-2-9(18-13-15-7-14-8-16-13)12-17-10-5-3-4-6-11(10)19-12/h2-9H,1H2,(H,14,15,16,18). The molecule has 1 atom stereocenters. The van der Waals surface area contributed by atoms with Crippen LogP contribution in [0.2, 0.25) is 0 Å². The topological polar surface area (TPSA) is 63.6 Å². The van der Waals surface area contributed by atoms with Crippen LogP contribution in [0.25, 0.3) is 10.2 Å². The van der Waals surface area contributed by atoms with Crippen LogP contribution < -0.4 is 5.32 Å². The molecule has 0 aliphatic carbocycles. The summed E-state index contributed by atoms with van der Waals surface area (Å²) < 4.78 is 1.15. The molecule has 1 N–H and O–H groups in total. The molecular formula is C13H11N5S. The Kier molecular flexibility index (Phi) is 3.16.